The molecule has 96 valence electrons. The zero-order chi connectivity index (χ0) is 13.2. The van der Waals surface area contributed by atoms with E-state index in [2.05, 4.69) is 30.6 Å². The summed E-state index contributed by atoms with van der Waals surface area (Å²) < 4.78 is 1.73. The van der Waals surface area contributed by atoms with Crippen molar-refractivity contribution < 1.29 is 0 Å². The molecule has 3 rings (SSSR count). The Morgan fingerprint density at radius 1 is 1.26 bits per heavy atom. The zero-order valence-electron chi connectivity index (χ0n) is 10.7. The van der Waals surface area contributed by atoms with Crippen LogP contribution >= 0.6 is 0 Å². The van der Waals surface area contributed by atoms with E-state index in [1.54, 1.807) is 4.68 Å². The van der Waals surface area contributed by atoms with Gasteiger partial charge in [-0.05, 0) is 26.0 Å². The normalized spacial score (nSPS) is 10.8. The Morgan fingerprint density at radius 2 is 2.16 bits per heavy atom. The largest absolute Gasteiger partial charge is 0.323 e. The average Bonchev–Trinajstić information content (AvgIpc) is 2.83. The van der Waals surface area contributed by atoms with Crippen LogP contribution in [0.15, 0.2) is 24.5 Å². The highest BCUT2D eigenvalue weighted by molar-refractivity contribution is 5.83. The van der Waals surface area contributed by atoms with Crippen LogP contribution in [0.4, 0.5) is 11.6 Å². The van der Waals surface area contributed by atoms with E-state index in [0.717, 1.165) is 18.1 Å². The predicted octanol–water partition coefficient (Wildman–Crippen LogP) is 1.69. The minimum absolute atomic E-state index is 0.614. The number of pyridine rings is 1. The summed E-state index contributed by atoms with van der Waals surface area (Å²) in [5.41, 5.74) is 2.30. The molecule has 0 spiro atoms. The maximum absolute atomic E-state index is 4.38. The Morgan fingerprint density at radius 3 is 2.95 bits per heavy atom. The van der Waals surface area contributed by atoms with Crippen LogP contribution in [0.1, 0.15) is 12.6 Å². The van der Waals surface area contributed by atoms with Crippen LogP contribution in [-0.2, 0) is 6.54 Å². The molecule has 0 fully saturated rings. The van der Waals surface area contributed by atoms with Crippen molar-refractivity contribution in [3.8, 4) is 0 Å². The van der Waals surface area contributed by atoms with Crippen LogP contribution in [0, 0.1) is 6.92 Å². The van der Waals surface area contributed by atoms with E-state index in [0.29, 0.717) is 17.0 Å². The molecule has 0 atom stereocenters. The molecule has 0 aliphatic rings. The lowest BCUT2D eigenvalue weighted by Gasteiger charge is -2.05. The summed E-state index contributed by atoms with van der Waals surface area (Å²) >= 11 is 0. The molecule has 7 heteroatoms. The van der Waals surface area contributed by atoms with Gasteiger partial charge in [0.05, 0.1) is 0 Å². The SMILES string of the molecule is CCn1nnc2c(Nc3cccc(C)n3)ncnc21. The molecule has 0 saturated heterocycles. The van der Waals surface area contributed by atoms with Gasteiger partial charge in [-0.15, -0.1) is 5.10 Å². The molecule has 0 aliphatic heterocycles. The molecule has 1 N–H and O–H groups in total. The lowest BCUT2D eigenvalue weighted by Crippen LogP contribution is -2.00. The molecule has 3 aromatic heterocycles. The second-order valence-corrected chi connectivity index (χ2v) is 4.09. The Balaban J connectivity index is 2.03. The fourth-order valence-electron chi connectivity index (χ4n) is 1.83. The third-order valence-corrected chi connectivity index (χ3v) is 2.73. The van der Waals surface area contributed by atoms with E-state index in [-0.39, 0.29) is 0 Å². The number of hydrogen-bond donors (Lipinski definition) is 1. The first kappa shape index (κ1) is 11.5. The molecule has 3 heterocycles. The van der Waals surface area contributed by atoms with Gasteiger partial charge in [-0.3, -0.25) is 0 Å². The number of aromatic nitrogens is 6. The minimum atomic E-state index is 0.614. The quantitative estimate of drug-likeness (QED) is 0.767. The topological polar surface area (TPSA) is 81.4 Å². The number of anilines is 2. The third kappa shape index (κ3) is 2.10. The number of rotatable bonds is 3. The van der Waals surface area contributed by atoms with Crippen molar-refractivity contribution in [1.82, 2.24) is 29.9 Å². The van der Waals surface area contributed by atoms with Gasteiger partial charge >= 0.3 is 0 Å². The van der Waals surface area contributed by atoms with Crippen molar-refractivity contribution in [3.05, 3.63) is 30.2 Å². The molecule has 0 aliphatic carbocycles. The van der Waals surface area contributed by atoms with Crippen molar-refractivity contribution in [2.75, 3.05) is 5.32 Å². The summed E-state index contributed by atoms with van der Waals surface area (Å²) in [5.74, 6) is 1.34. The van der Waals surface area contributed by atoms with E-state index < -0.39 is 0 Å². The van der Waals surface area contributed by atoms with E-state index >= 15 is 0 Å². The van der Waals surface area contributed by atoms with Crippen LogP contribution < -0.4 is 5.32 Å². The van der Waals surface area contributed by atoms with Crippen molar-refractivity contribution in [2.45, 2.75) is 20.4 Å². The molecular weight excluding hydrogens is 242 g/mol. The molecule has 0 amide bonds. The van der Waals surface area contributed by atoms with Gasteiger partial charge in [0.1, 0.15) is 12.1 Å². The highest BCUT2D eigenvalue weighted by Gasteiger charge is 2.11. The van der Waals surface area contributed by atoms with Crippen LogP contribution in [0.25, 0.3) is 11.2 Å². The van der Waals surface area contributed by atoms with Gasteiger partial charge in [0.15, 0.2) is 17.0 Å². The molecule has 3 aromatic rings. The monoisotopic (exact) mass is 255 g/mol. The molecule has 0 aromatic carbocycles. The van der Waals surface area contributed by atoms with Gasteiger partial charge in [0.25, 0.3) is 0 Å². The molecular formula is C12H13N7. The minimum Gasteiger partial charge on any atom is -0.323 e. The smallest absolute Gasteiger partial charge is 0.183 e. The maximum atomic E-state index is 4.38. The molecule has 0 saturated carbocycles. The fourth-order valence-corrected chi connectivity index (χ4v) is 1.83. The van der Waals surface area contributed by atoms with Gasteiger partial charge in [0.2, 0.25) is 0 Å². The van der Waals surface area contributed by atoms with Crippen molar-refractivity contribution in [1.29, 1.82) is 0 Å². The summed E-state index contributed by atoms with van der Waals surface area (Å²) in [6.07, 6.45) is 1.50. The third-order valence-electron chi connectivity index (χ3n) is 2.73. The Labute approximate surface area is 109 Å². The lowest BCUT2D eigenvalue weighted by atomic mass is 10.3. The molecule has 19 heavy (non-hydrogen) atoms. The van der Waals surface area contributed by atoms with Crippen LogP contribution in [0.3, 0.4) is 0 Å². The molecule has 7 nitrogen and oxygen atoms in total. The van der Waals surface area contributed by atoms with Crippen LogP contribution in [-0.4, -0.2) is 29.9 Å². The first-order valence-electron chi connectivity index (χ1n) is 6.03. The molecule has 0 radical (unpaired) electrons. The number of nitrogens with one attached hydrogen (secondary N) is 1. The Hall–Kier alpha value is -2.57. The standard InChI is InChI=1S/C12H13N7/c1-3-19-12-10(17-18-19)11(13-7-14-12)16-9-6-4-5-8(2)15-9/h4-7H,3H2,1-2H3,(H,13,14,15,16). The number of fused-ring (bicyclic) bond motifs is 1. The fraction of sp³-hybridized carbons (Fsp3) is 0.250. The number of aryl methyl sites for hydroxylation is 2. The van der Waals surface area contributed by atoms with Gasteiger partial charge in [-0.25, -0.2) is 19.6 Å². The van der Waals surface area contributed by atoms with Crippen molar-refractivity contribution in [2.24, 2.45) is 0 Å². The zero-order valence-corrected chi connectivity index (χ0v) is 10.7. The first-order chi connectivity index (χ1) is 9.28. The van der Waals surface area contributed by atoms with Crippen LogP contribution in [0.5, 0.6) is 0 Å². The van der Waals surface area contributed by atoms with Crippen molar-refractivity contribution in [3.63, 3.8) is 0 Å². The summed E-state index contributed by atoms with van der Waals surface area (Å²) in [4.78, 5) is 12.8. The van der Waals surface area contributed by atoms with Gasteiger partial charge in [-0.2, -0.15) is 0 Å². The van der Waals surface area contributed by atoms with Gasteiger partial charge in [0, 0.05) is 12.2 Å². The molecule has 0 unspecified atom stereocenters. The van der Waals surface area contributed by atoms with E-state index in [1.807, 2.05) is 32.0 Å². The van der Waals surface area contributed by atoms with E-state index in [9.17, 15) is 0 Å². The van der Waals surface area contributed by atoms with E-state index in [4.69, 9.17) is 0 Å². The summed E-state index contributed by atoms with van der Waals surface area (Å²) in [6.45, 7) is 4.65. The summed E-state index contributed by atoms with van der Waals surface area (Å²) in [6, 6.07) is 5.76. The number of nitrogens with zero attached hydrogens (tertiary/aromatic N) is 6. The van der Waals surface area contributed by atoms with Crippen molar-refractivity contribution >= 4 is 22.8 Å². The second kappa shape index (κ2) is 4.60. The first-order valence-corrected chi connectivity index (χ1v) is 6.03. The Kier molecular flexibility index (Phi) is 2.79. The molecule has 0 bridgehead atoms. The summed E-state index contributed by atoms with van der Waals surface area (Å²) in [5, 5.41) is 11.3. The predicted molar refractivity (Wildman–Crippen MR) is 71.0 cm³/mol. The van der Waals surface area contributed by atoms with Gasteiger partial charge in [-0.1, -0.05) is 11.3 Å². The average molecular weight is 255 g/mol. The highest BCUT2D eigenvalue weighted by Crippen LogP contribution is 2.19. The highest BCUT2D eigenvalue weighted by atomic mass is 15.4. The van der Waals surface area contributed by atoms with E-state index in [1.165, 1.54) is 6.33 Å². The van der Waals surface area contributed by atoms with Gasteiger partial charge < -0.3 is 5.32 Å². The number of hydrogen-bond acceptors (Lipinski definition) is 6. The lowest BCUT2D eigenvalue weighted by molar-refractivity contribution is 0.641. The maximum Gasteiger partial charge on any atom is 0.183 e. The van der Waals surface area contributed by atoms with Crippen LogP contribution in [0.2, 0.25) is 0 Å². The summed E-state index contributed by atoms with van der Waals surface area (Å²) in [7, 11) is 0. The second-order valence-electron chi connectivity index (χ2n) is 4.09. The Bertz CT molecular complexity index is 719.